The largest absolute Gasteiger partial charge is 0.392 e. The van der Waals surface area contributed by atoms with Crippen molar-refractivity contribution in [2.24, 2.45) is 5.92 Å². The van der Waals surface area contributed by atoms with Gasteiger partial charge in [-0.05, 0) is 36.5 Å². The molecule has 2 fully saturated rings. The van der Waals surface area contributed by atoms with Crippen LogP contribution in [0.25, 0.3) is 0 Å². The Morgan fingerprint density at radius 3 is 2.33 bits per heavy atom. The summed E-state index contributed by atoms with van der Waals surface area (Å²) in [5.74, 6) is -1.05. The molecule has 0 unspecified atom stereocenters. The minimum absolute atomic E-state index is 0.178. The van der Waals surface area contributed by atoms with E-state index in [1.54, 1.807) is 6.07 Å². The normalized spacial score (nSPS) is 22.4. The number of aliphatic hydroxyl groups is 1. The SMILES string of the molecule is O[C@H](CN1CCN(Cc2ccc(F)c(F)c2)CC1)C1CC1. The van der Waals surface area contributed by atoms with Gasteiger partial charge >= 0.3 is 0 Å². The van der Waals surface area contributed by atoms with Crippen LogP contribution in [0.3, 0.4) is 0 Å². The summed E-state index contributed by atoms with van der Waals surface area (Å²) in [6, 6.07) is 4.10. The lowest BCUT2D eigenvalue weighted by molar-refractivity contribution is 0.0601. The third kappa shape index (κ3) is 3.99. The summed E-state index contributed by atoms with van der Waals surface area (Å²) in [4.78, 5) is 4.54. The van der Waals surface area contributed by atoms with E-state index in [9.17, 15) is 13.9 Å². The highest BCUT2D eigenvalue weighted by Crippen LogP contribution is 2.32. The van der Waals surface area contributed by atoms with Crippen molar-refractivity contribution in [1.82, 2.24) is 9.80 Å². The van der Waals surface area contributed by atoms with Crippen molar-refractivity contribution in [1.29, 1.82) is 0 Å². The number of nitrogens with zero attached hydrogens (tertiary/aromatic N) is 2. The van der Waals surface area contributed by atoms with E-state index in [0.29, 0.717) is 12.5 Å². The molecule has 2 aliphatic rings. The number of rotatable bonds is 5. The second kappa shape index (κ2) is 6.38. The Morgan fingerprint density at radius 1 is 1.05 bits per heavy atom. The molecule has 5 heteroatoms. The van der Waals surface area contributed by atoms with Crippen LogP contribution in [0.15, 0.2) is 18.2 Å². The quantitative estimate of drug-likeness (QED) is 0.898. The predicted octanol–water partition coefficient (Wildman–Crippen LogP) is 1.85. The zero-order valence-electron chi connectivity index (χ0n) is 12.1. The Bertz CT molecular complexity index is 485. The standard InChI is InChI=1S/C16H22F2N2O/c17-14-4-1-12(9-15(14)18)10-19-5-7-20(8-6-19)11-16(21)13-2-3-13/h1,4,9,13,16,21H,2-3,5-8,10-11H2/t16-/m1/s1. The summed E-state index contributed by atoms with van der Waals surface area (Å²) < 4.78 is 26.1. The van der Waals surface area contributed by atoms with Gasteiger partial charge in [-0.25, -0.2) is 8.78 Å². The van der Waals surface area contributed by atoms with E-state index in [2.05, 4.69) is 9.80 Å². The number of β-amino-alcohol motifs (C(OH)–C–C–N with tert-alkyl or cyclic N) is 1. The Kier molecular flexibility index (Phi) is 4.52. The molecule has 21 heavy (non-hydrogen) atoms. The lowest BCUT2D eigenvalue weighted by Gasteiger charge is -2.35. The van der Waals surface area contributed by atoms with Gasteiger partial charge in [0.1, 0.15) is 0 Å². The molecule has 0 aromatic heterocycles. The Balaban J connectivity index is 1.45. The molecule has 3 rings (SSSR count). The number of halogens is 2. The van der Waals surface area contributed by atoms with Crippen LogP contribution in [-0.4, -0.2) is 53.7 Å². The Morgan fingerprint density at radius 2 is 1.71 bits per heavy atom. The van der Waals surface area contributed by atoms with Gasteiger partial charge in [-0.3, -0.25) is 9.80 Å². The van der Waals surface area contributed by atoms with Crippen molar-refractivity contribution in [2.75, 3.05) is 32.7 Å². The van der Waals surface area contributed by atoms with Gasteiger partial charge in [-0.1, -0.05) is 6.07 Å². The molecule has 0 bridgehead atoms. The predicted molar refractivity (Wildman–Crippen MR) is 76.8 cm³/mol. The van der Waals surface area contributed by atoms with Crippen molar-refractivity contribution >= 4 is 0 Å². The molecule has 1 heterocycles. The zero-order chi connectivity index (χ0) is 14.8. The molecule has 1 aromatic carbocycles. The van der Waals surface area contributed by atoms with Crippen LogP contribution in [-0.2, 0) is 6.54 Å². The van der Waals surface area contributed by atoms with Crippen molar-refractivity contribution < 1.29 is 13.9 Å². The molecule has 1 saturated heterocycles. The van der Waals surface area contributed by atoms with E-state index in [1.807, 2.05) is 0 Å². The highest BCUT2D eigenvalue weighted by molar-refractivity contribution is 5.17. The van der Waals surface area contributed by atoms with Crippen molar-refractivity contribution in [2.45, 2.75) is 25.5 Å². The topological polar surface area (TPSA) is 26.7 Å². The Hall–Kier alpha value is -1.04. The van der Waals surface area contributed by atoms with E-state index in [1.165, 1.54) is 12.1 Å². The van der Waals surface area contributed by atoms with Crippen LogP contribution >= 0.6 is 0 Å². The fourth-order valence-electron chi connectivity index (χ4n) is 2.92. The molecule has 0 spiro atoms. The highest BCUT2D eigenvalue weighted by Gasteiger charge is 2.31. The van der Waals surface area contributed by atoms with Gasteiger partial charge in [-0.2, -0.15) is 0 Å². The first kappa shape index (κ1) is 14.9. The van der Waals surface area contributed by atoms with Gasteiger partial charge < -0.3 is 5.11 Å². The molecule has 0 radical (unpaired) electrons. The molecule has 116 valence electrons. The number of piperazine rings is 1. The summed E-state index contributed by atoms with van der Waals surface area (Å²) >= 11 is 0. The van der Waals surface area contributed by atoms with E-state index in [4.69, 9.17) is 0 Å². The number of hydrogen-bond donors (Lipinski definition) is 1. The van der Waals surface area contributed by atoms with Gasteiger partial charge in [0.2, 0.25) is 0 Å². The van der Waals surface area contributed by atoms with Crippen molar-refractivity contribution in [3.63, 3.8) is 0 Å². The zero-order valence-corrected chi connectivity index (χ0v) is 12.1. The lowest BCUT2D eigenvalue weighted by Crippen LogP contribution is -2.48. The molecule has 1 aliphatic carbocycles. The number of benzene rings is 1. The van der Waals surface area contributed by atoms with Crippen molar-refractivity contribution in [3.8, 4) is 0 Å². The van der Waals surface area contributed by atoms with Gasteiger partial charge in [0.15, 0.2) is 11.6 Å². The van der Waals surface area contributed by atoms with Crippen molar-refractivity contribution in [3.05, 3.63) is 35.4 Å². The summed E-state index contributed by atoms with van der Waals surface area (Å²) in [5.41, 5.74) is 0.806. The minimum atomic E-state index is -0.794. The van der Waals surface area contributed by atoms with Crippen LogP contribution in [0.2, 0.25) is 0 Å². The first-order chi connectivity index (χ1) is 10.1. The Labute approximate surface area is 124 Å². The molecule has 3 nitrogen and oxygen atoms in total. The third-order valence-electron chi connectivity index (χ3n) is 4.47. The van der Waals surface area contributed by atoms with Crippen LogP contribution < -0.4 is 0 Å². The summed E-state index contributed by atoms with van der Waals surface area (Å²) in [6.07, 6.45) is 2.15. The van der Waals surface area contributed by atoms with Crippen LogP contribution in [0.1, 0.15) is 18.4 Å². The molecule has 1 aromatic rings. The van der Waals surface area contributed by atoms with E-state index < -0.39 is 11.6 Å². The van der Waals surface area contributed by atoms with Crippen LogP contribution in [0.5, 0.6) is 0 Å². The first-order valence-corrected chi connectivity index (χ1v) is 7.68. The molecule has 1 atom stereocenters. The lowest BCUT2D eigenvalue weighted by atomic mass is 10.1. The maximum Gasteiger partial charge on any atom is 0.159 e. The van der Waals surface area contributed by atoms with Gasteiger partial charge in [-0.15, -0.1) is 0 Å². The van der Waals surface area contributed by atoms with E-state index in [-0.39, 0.29) is 6.10 Å². The fourth-order valence-corrected chi connectivity index (χ4v) is 2.92. The molecular weight excluding hydrogens is 274 g/mol. The first-order valence-electron chi connectivity index (χ1n) is 7.68. The number of hydrogen-bond acceptors (Lipinski definition) is 3. The van der Waals surface area contributed by atoms with Gasteiger partial charge in [0.25, 0.3) is 0 Å². The van der Waals surface area contributed by atoms with Gasteiger partial charge in [0, 0.05) is 39.3 Å². The highest BCUT2D eigenvalue weighted by atomic mass is 19.2. The summed E-state index contributed by atoms with van der Waals surface area (Å²) in [5, 5.41) is 9.97. The third-order valence-corrected chi connectivity index (χ3v) is 4.47. The minimum Gasteiger partial charge on any atom is -0.392 e. The maximum absolute atomic E-state index is 13.2. The monoisotopic (exact) mass is 296 g/mol. The second-order valence-corrected chi connectivity index (χ2v) is 6.23. The molecule has 1 aliphatic heterocycles. The fraction of sp³-hybridized carbons (Fsp3) is 0.625. The molecule has 1 saturated carbocycles. The average Bonchev–Trinajstić information content (AvgIpc) is 3.30. The van der Waals surface area contributed by atoms with E-state index in [0.717, 1.165) is 51.1 Å². The van der Waals surface area contributed by atoms with Crippen LogP contribution in [0.4, 0.5) is 8.78 Å². The smallest absolute Gasteiger partial charge is 0.159 e. The molecular formula is C16H22F2N2O. The second-order valence-electron chi connectivity index (χ2n) is 6.23. The molecule has 0 amide bonds. The molecule has 1 N–H and O–H groups in total. The average molecular weight is 296 g/mol. The maximum atomic E-state index is 13.2. The van der Waals surface area contributed by atoms with Crippen LogP contribution in [0, 0.1) is 17.6 Å². The van der Waals surface area contributed by atoms with Gasteiger partial charge in [0.05, 0.1) is 6.10 Å². The number of aliphatic hydroxyl groups excluding tert-OH is 1. The van der Waals surface area contributed by atoms with E-state index >= 15 is 0 Å². The summed E-state index contributed by atoms with van der Waals surface area (Å²) in [6.45, 7) is 5.06. The summed E-state index contributed by atoms with van der Waals surface area (Å²) in [7, 11) is 0.